The Labute approximate surface area is 247 Å². The van der Waals surface area contributed by atoms with Crippen LogP contribution in [0.1, 0.15) is 47.2 Å². The van der Waals surface area contributed by atoms with Crippen LogP contribution in [-0.4, -0.2) is 54.8 Å². The second-order valence-corrected chi connectivity index (χ2v) is 12.9. The first-order valence-corrected chi connectivity index (χ1v) is 15.9. The molecule has 1 aliphatic rings. The number of sulfonamides is 1. The maximum atomic E-state index is 13.2. The van der Waals surface area contributed by atoms with E-state index in [1.165, 1.54) is 18.9 Å². The standard InChI is InChI=1S/C31H38N6O4S/c1-21-8-7-11-27(22(21)2)35-28-10-6-5-9-25(28)31(38)41-20-37-17-16-26-29(33-19-34-30(26)37)36(4)24-14-12-23(13-15-24)18-42(39,40)32-3/h5-11,16-17,19,23-24,32,35H,12-15,18,20H2,1-4H3/t23-,24-. The van der Waals surface area contributed by atoms with Gasteiger partial charge < -0.3 is 15.0 Å². The van der Waals surface area contributed by atoms with Crippen LogP contribution in [0.2, 0.25) is 0 Å². The molecule has 42 heavy (non-hydrogen) atoms. The van der Waals surface area contributed by atoms with Gasteiger partial charge in [-0.1, -0.05) is 24.3 Å². The molecule has 11 heteroatoms. The normalized spacial score (nSPS) is 17.2. The minimum absolute atomic E-state index is 0.00531. The summed E-state index contributed by atoms with van der Waals surface area (Å²) in [4.78, 5) is 24.4. The van der Waals surface area contributed by atoms with Crippen molar-refractivity contribution in [2.75, 3.05) is 30.1 Å². The molecule has 2 N–H and O–H groups in total. The van der Waals surface area contributed by atoms with Gasteiger partial charge in [-0.2, -0.15) is 0 Å². The summed E-state index contributed by atoms with van der Waals surface area (Å²) in [5, 5.41) is 4.25. The molecule has 0 atom stereocenters. The van der Waals surface area contributed by atoms with Crippen molar-refractivity contribution in [1.82, 2.24) is 19.3 Å². The number of aromatic nitrogens is 3. The molecule has 222 valence electrons. The zero-order valence-electron chi connectivity index (χ0n) is 24.5. The summed E-state index contributed by atoms with van der Waals surface area (Å²) < 4.78 is 33.9. The van der Waals surface area contributed by atoms with Crippen molar-refractivity contribution in [2.45, 2.75) is 52.3 Å². The van der Waals surface area contributed by atoms with Gasteiger partial charge in [0.15, 0.2) is 6.73 Å². The fraction of sp³-hybridized carbons (Fsp3) is 0.387. The maximum absolute atomic E-state index is 13.2. The predicted molar refractivity (Wildman–Crippen MR) is 166 cm³/mol. The summed E-state index contributed by atoms with van der Waals surface area (Å²) >= 11 is 0. The predicted octanol–water partition coefficient (Wildman–Crippen LogP) is 5.15. The number of anilines is 3. The first kappa shape index (κ1) is 29.5. The molecule has 0 bridgehead atoms. The lowest BCUT2D eigenvalue weighted by Gasteiger charge is -2.35. The van der Waals surface area contributed by atoms with E-state index >= 15 is 0 Å². The molecule has 1 saturated carbocycles. The highest BCUT2D eigenvalue weighted by Crippen LogP contribution is 2.33. The van der Waals surface area contributed by atoms with Crippen molar-refractivity contribution in [1.29, 1.82) is 0 Å². The lowest BCUT2D eigenvalue weighted by molar-refractivity contribution is 0.0380. The number of nitrogens with zero attached hydrogens (tertiary/aromatic N) is 4. The highest BCUT2D eigenvalue weighted by molar-refractivity contribution is 7.89. The molecule has 0 amide bonds. The van der Waals surface area contributed by atoms with Crippen molar-refractivity contribution >= 4 is 44.2 Å². The quantitative estimate of drug-likeness (QED) is 0.244. The molecule has 0 spiro atoms. The Morgan fingerprint density at radius 2 is 1.76 bits per heavy atom. The van der Waals surface area contributed by atoms with Gasteiger partial charge in [0.25, 0.3) is 0 Å². The summed E-state index contributed by atoms with van der Waals surface area (Å²) in [7, 11) is 0.275. The van der Waals surface area contributed by atoms with Crippen LogP contribution >= 0.6 is 0 Å². The van der Waals surface area contributed by atoms with E-state index in [1.54, 1.807) is 10.6 Å². The van der Waals surface area contributed by atoms with Crippen molar-refractivity contribution in [2.24, 2.45) is 5.92 Å². The van der Waals surface area contributed by atoms with Gasteiger partial charge in [-0.05, 0) is 87.9 Å². The molecule has 10 nitrogen and oxygen atoms in total. The van der Waals surface area contributed by atoms with Gasteiger partial charge in [0.2, 0.25) is 10.0 Å². The van der Waals surface area contributed by atoms with E-state index in [2.05, 4.69) is 37.9 Å². The molecular formula is C31H38N6O4S. The van der Waals surface area contributed by atoms with Crippen LogP contribution in [0.4, 0.5) is 17.2 Å². The van der Waals surface area contributed by atoms with Gasteiger partial charge in [-0.3, -0.25) is 4.57 Å². The molecule has 5 rings (SSSR count). The van der Waals surface area contributed by atoms with Gasteiger partial charge in [-0.15, -0.1) is 0 Å². The van der Waals surface area contributed by atoms with Gasteiger partial charge in [0, 0.05) is 25.0 Å². The van der Waals surface area contributed by atoms with Crippen LogP contribution in [0.15, 0.2) is 61.1 Å². The van der Waals surface area contributed by atoms with Gasteiger partial charge in [-0.25, -0.2) is 27.9 Å². The van der Waals surface area contributed by atoms with Crippen LogP contribution < -0.4 is 14.9 Å². The number of carbonyl (C=O) groups is 1. The number of benzene rings is 2. The number of hydrogen-bond donors (Lipinski definition) is 2. The summed E-state index contributed by atoms with van der Waals surface area (Å²) in [5.41, 5.74) is 5.03. The third kappa shape index (κ3) is 6.42. The molecule has 0 aliphatic heterocycles. The number of fused-ring (bicyclic) bond motifs is 1. The van der Waals surface area contributed by atoms with Crippen LogP contribution in [-0.2, 0) is 21.5 Å². The first-order chi connectivity index (χ1) is 20.2. The Hall–Kier alpha value is -3.96. The Kier molecular flexibility index (Phi) is 8.79. The largest absolute Gasteiger partial charge is 0.440 e. The molecule has 1 fully saturated rings. The minimum Gasteiger partial charge on any atom is -0.440 e. The van der Waals surface area contributed by atoms with Crippen molar-refractivity contribution in [3.8, 4) is 0 Å². The summed E-state index contributed by atoms with van der Waals surface area (Å²) in [6.07, 6.45) is 6.85. The molecule has 0 unspecified atom stereocenters. The van der Waals surface area contributed by atoms with Crippen molar-refractivity contribution < 1.29 is 17.9 Å². The monoisotopic (exact) mass is 590 g/mol. The average molecular weight is 591 g/mol. The second kappa shape index (κ2) is 12.5. The molecule has 2 aromatic carbocycles. The lowest BCUT2D eigenvalue weighted by Crippen LogP contribution is -2.38. The maximum Gasteiger partial charge on any atom is 0.341 e. The zero-order chi connectivity index (χ0) is 29.9. The number of rotatable bonds is 10. The fourth-order valence-electron chi connectivity index (χ4n) is 5.65. The number of aryl methyl sites for hydroxylation is 1. The van der Waals surface area contributed by atoms with E-state index in [0.717, 1.165) is 48.1 Å². The molecule has 4 aromatic rings. The summed E-state index contributed by atoms with van der Waals surface area (Å²) in [6.45, 7) is 4.11. The van der Waals surface area contributed by atoms with Gasteiger partial charge >= 0.3 is 5.97 Å². The number of para-hydroxylation sites is 1. The third-order valence-electron chi connectivity index (χ3n) is 8.35. The second-order valence-electron chi connectivity index (χ2n) is 11.0. The topological polar surface area (TPSA) is 118 Å². The number of esters is 1. The molecule has 2 aromatic heterocycles. The average Bonchev–Trinajstić information content (AvgIpc) is 3.41. The van der Waals surface area contributed by atoms with E-state index in [4.69, 9.17) is 4.74 Å². The highest BCUT2D eigenvalue weighted by atomic mass is 32.2. The molecule has 1 aliphatic carbocycles. The minimum atomic E-state index is -3.21. The van der Waals surface area contributed by atoms with Crippen molar-refractivity contribution in [3.05, 3.63) is 77.7 Å². The Bertz CT molecular complexity index is 1680. The van der Waals surface area contributed by atoms with E-state index in [9.17, 15) is 13.2 Å². The summed E-state index contributed by atoms with van der Waals surface area (Å²) in [5.74, 6) is 0.702. The Morgan fingerprint density at radius 3 is 2.52 bits per heavy atom. The van der Waals surface area contributed by atoms with Crippen LogP contribution in [0, 0.1) is 19.8 Å². The number of hydrogen-bond acceptors (Lipinski definition) is 8. The van der Waals surface area contributed by atoms with Crippen LogP contribution in [0.3, 0.4) is 0 Å². The smallest absolute Gasteiger partial charge is 0.341 e. The molecule has 0 saturated heterocycles. The fourth-order valence-corrected chi connectivity index (χ4v) is 6.77. The SMILES string of the molecule is CNS(=O)(=O)C[C@H]1CC[C@H](N(C)c2ncnc3c2ccn3COC(=O)c2ccccc2Nc2cccc(C)c2C)CC1. The number of carbonyl (C=O) groups excluding carboxylic acids is 1. The van der Waals surface area contributed by atoms with Crippen LogP contribution in [0.5, 0.6) is 0 Å². The molecular weight excluding hydrogens is 552 g/mol. The highest BCUT2D eigenvalue weighted by Gasteiger charge is 2.28. The van der Waals surface area contributed by atoms with E-state index in [0.29, 0.717) is 16.9 Å². The van der Waals surface area contributed by atoms with Gasteiger partial charge in [0.05, 0.1) is 22.4 Å². The first-order valence-electron chi connectivity index (χ1n) is 14.2. The molecule has 2 heterocycles. The van der Waals surface area contributed by atoms with E-state index in [1.807, 2.05) is 56.6 Å². The number of ether oxygens (including phenoxy) is 1. The van der Waals surface area contributed by atoms with E-state index < -0.39 is 16.0 Å². The Balaban J connectivity index is 1.26. The number of nitrogens with one attached hydrogen (secondary N) is 2. The summed E-state index contributed by atoms with van der Waals surface area (Å²) in [6, 6.07) is 15.5. The Morgan fingerprint density at radius 1 is 1.02 bits per heavy atom. The van der Waals surface area contributed by atoms with Crippen molar-refractivity contribution in [3.63, 3.8) is 0 Å². The van der Waals surface area contributed by atoms with Crippen LogP contribution in [0.25, 0.3) is 11.0 Å². The third-order valence-corrected chi connectivity index (χ3v) is 9.89. The zero-order valence-corrected chi connectivity index (χ0v) is 25.3. The van der Waals surface area contributed by atoms with E-state index in [-0.39, 0.29) is 24.4 Å². The lowest BCUT2D eigenvalue weighted by atomic mass is 9.86. The molecule has 0 radical (unpaired) electrons. The van der Waals surface area contributed by atoms with Gasteiger partial charge in [0.1, 0.15) is 17.8 Å².